The summed E-state index contributed by atoms with van der Waals surface area (Å²) < 4.78 is 5.43. The summed E-state index contributed by atoms with van der Waals surface area (Å²) in [5, 5.41) is 5.90. The highest BCUT2D eigenvalue weighted by atomic mass is 16.6. The Morgan fingerprint density at radius 1 is 1.00 bits per heavy atom. The van der Waals surface area contributed by atoms with Crippen LogP contribution in [-0.4, -0.2) is 47.0 Å². The molecule has 1 aromatic rings. The molecule has 0 fully saturated rings. The molecule has 3 atom stereocenters. The molecule has 0 saturated carbocycles. The molecule has 0 aliphatic carbocycles. The number of rotatable bonds is 12. The van der Waals surface area contributed by atoms with Crippen LogP contribution in [0.25, 0.3) is 0 Å². The molecule has 7 nitrogen and oxygen atoms in total. The monoisotopic (exact) mass is 503 g/mol. The van der Waals surface area contributed by atoms with E-state index in [2.05, 4.69) is 24.5 Å². The number of carbonyl (C=O) groups excluding carboxylic acids is 3. The first-order chi connectivity index (χ1) is 16.7. The van der Waals surface area contributed by atoms with E-state index in [1.54, 1.807) is 25.7 Å². The fourth-order valence-corrected chi connectivity index (χ4v) is 4.23. The van der Waals surface area contributed by atoms with Gasteiger partial charge in [0.25, 0.3) is 0 Å². The Kier molecular flexibility index (Phi) is 12.4. The third-order valence-electron chi connectivity index (χ3n) is 6.03. The Hall–Kier alpha value is -2.57. The molecule has 0 spiro atoms. The fraction of sp³-hybridized carbons (Fsp3) is 0.690. The number of unbranched alkanes of at least 4 members (excludes halogenated alkanes) is 1. The lowest BCUT2D eigenvalue weighted by molar-refractivity contribution is -0.143. The van der Waals surface area contributed by atoms with Gasteiger partial charge in [0, 0.05) is 12.6 Å². The quantitative estimate of drug-likeness (QED) is 0.376. The van der Waals surface area contributed by atoms with Gasteiger partial charge in [-0.15, -0.1) is 0 Å². The van der Waals surface area contributed by atoms with Crippen LogP contribution in [0.2, 0.25) is 0 Å². The van der Waals surface area contributed by atoms with Crippen molar-refractivity contribution in [2.24, 2.45) is 5.92 Å². The molecule has 204 valence electrons. The van der Waals surface area contributed by atoms with Gasteiger partial charge in [0.05, 0.1) is 0 Å². The van der Waals surface area contributed by atoms with Crippen molar-refractivity contribution < 1.29 is 19.1 Å². The third-order valence-corrected chi connectivity index (χ3v) is 6.03. The minimum Gasteiger partial charge on any atom is -0.444 e. The number of hydrogen-bond donors (Lipinski definition) is 2. The molecular weight excluding hydrogens is 454 g/mol. The summed E-state index contributed by atoms with van der Waals surface area (Å²) in [4.78, 5) is 42.1. The average Bonchev–Trinajstić information content (AvgIpc) is 2.74. The number of carbonyl (C=O) groups is 3. The molecule has 0 heterocycles. The van der Waals surface area contributed by atoms with E-state index in [4.69, 9.17) is 4.74 Å². The number of amides is 3. The largest absolute Gasteiger partial charge is 0.444 e. The standard InChI is InChI=1S/C29H49N3O4/c1-11-13-17-32(27(34)24(19(3)4)31-28(35)36-29(8,9)10)25(26(33)30-22(7)14-12-2)23-16-15-20(5)18-21(23)6/h15-16,18-19,22,24-25H,11-14,17H2,1-10H3,(H,30,33)(H,31,35). The van der Waals surface area contributed by atoms with E-state index in [9.17, 15) is 14.4 Å². The Labute approximate surface area is 218 Å². The van der Waals surface area contributed by atoms with Crippen LogP contribution in [-0.2, 0) is 14.3 Å². The molecule has 1 rings (SSSR count). The summed E-state index contributed by atoms with van der Waals surface area (Å²) in [6.45, 7) is 19.6. The zero-order valence-corrected chi connectivity index (χ0v) is 24.2. The second kappa shape index (κ2) is 14.2. The molecule has 7 heteroatoms. The van der Waals surface area contributed by atoms with Crippen LogP contribution in [0.5, 0.6) is 0 Å². The van der Waals surface area contributed by atoms with E-state index in [1.165, 1.54) is 0 Å². The summed E-state index contributed by atoms with van der Waals surface area (Å²) >= 11 is 0. The van der Waals surface area contributed by atoms with Crippen LogP contribution < -0.4 is 10.6 Å². The molecule has 0 aromatic heterocycles. The van der Waals surface area contributed by atoms with Gasteiger partial charge in [-0.05, 0) is 71.4 Å². The summed E-state index contributed by atoms with van der Waals surface area (Å²) in [6.07, 6.45) is 2.76. The van der Waals surface area contributed by atoms with Crippen molar-refractivity contribution in [3.8, 4) is 0 Å². The number of benzene rings is 1. The van der Waals surface area contributed by atoms with Crippen molar-refractivity contribution in [3.63, 3.8) is 0 Å². The summed E-state index contributed by atoms with van der Waals surface area (Å²) in [5.41, 5.74) is 2.15. The third kappa shape index (κ3) is 9.82. The van der Waals surface area contributed by atoms with Gasteiger partial charge in [-0.2, -0.15) is 0 Å². The van der Waals surface area contributed by atoms with E-state index in [0.717, 1.165) is 42.4 Å². The van der Waals surface area contributed by atoms with Crippen LogP contribution in [0.1, 0.15) is 104 Å². The summed E-state index contributed by atoms with van der Waals surface area (Å²) in [6, 6.07) is 4.31. The van der Waals surface area contributed by atoms with Gasteiger partial charge in [0.15, 0.2) is 0 Å². The van der Waals surface area contributed by atoms with Crippen molar-refractivity contribution in [1.29, 1.82) is 0 Å². The first-order valence-corrected chi connectivity index (χ1v) is 13.4. The zero-order chi connectivity index (χ0) is 27.6. The maximum atomic E-state index is 14.1. The molecule has 3 amide bonds. The van der Waals surface area contributed by atoms with E-state index in [1.807, 2.05) is 52.8 Å². The highest BCUT2D eigenvalue weighted by Gasteiger charge is 2.38. The van der Waals surface area contributed by atoms with Crippen molar-refractivity contribution in [3.05, 3.63) is 34.9 Å². The van der Waals surface area contributed by atoms with Gasteiger partial charge in [0.2, 0.25) is 11.8 Å². The zero-order valence-electron chi connectivity index (χ0n) is 24.2. The Morgan fingerprint density at radius 3 is 2.14 bits per heavy atom. The van der Waals surface area contributed by atoms with Gasteiger partial charge >= 0.3 is 6.09 Å². The van der Waals surface area contributed by atoms with Crippen LogP contribution >= 0.6 is 0 Å². The smallest absolute Gasteiger partial charge is 0.408 e. The van der Waals surface area contributed by atoms with Crippen molar-refractivity contribution in [1.82, 2.24) is 15.5 Å². The lowest BCUT2D eigenvalue weighted by atomic mass is 9.94. The van der Waals surface area contributed by atoms with Gasteiger partial charge in [-0.25, -0.2) is 4.79 Å². The minimum atomic E-state index is -0.828. The van der Waals surface area contributed by atoms with Crippen LogP contribution in [0.3, 0.4) is 0 Å². The topological polar surface area (TPSA) is 87.7 Å². The number of alkyl carbamates (subject to hydrolysis) is 1. The van der Waals surface area contributed by atoms with E-state index >= 15 is 0 Å². The van der Waals surface area contributed by atoms with E-state index in [-0.39, 0.29) is 23.8 Å². The summed E-state index contributed by atoms with van der Waals surface area (Å²) in [7, 11) is 0. The minimum absolute atomic E-state index is 0.0142. The Morgan fingerprint density at radius 2 is 1.64 bits per heavy atom. The molecule has 0 radical (unpaired) electrons. The normalized spacial score (nSPS) is 14.1. The summed E-state index contributed by atoms with van der Waals surface area (Å²) in [5.74, 6) is -0.685. The number of hydrogen-bond acceptors (Lipinski definition) is 4. The van der Waals surface area contributed by atoms with Crippen LogP contribution in [0, 0.1) is 19.8 Å². The number of ether oxygens (including phenoxy) is 1. The maximum absolute atomic E-state index is 14.1. The number of nitrogens with zero attached hydrogens (tertiary/aromatic N) is 1. The molecule has 0 saturated heterocycles. The second-order valence-corrected chi connectivity index (χ2v) is 11.2. The van der Waals surface area contributed by atoms with Gasteiger partial charge in [-0.3, -0.25) is 9.59 Å². The lowest BCUT2D eigenvalue weighted by Gasteiger charge is -2.36. The highest BCUT2D eigenvalue weighted by molar-refractivity contribution is 5.92. The number of nitrogens with one attached hydrogen (secondary N) is 2. The van der Waals surface area contributed by atoms with Gasteiger partial charge in [0.1, 0.15) is 17.7 Å². The van der Waals surface area contributed by atoms with Gasteiger partial charge in [-0.1, -0.05) is 64.3 Å². The molecule has 0 bridgehead atoms. The molecular formula is C29H49N3O4. The first kappa shape index (κ1) is 31.5. The van der Waals surface area contributed by atoms with E-state index in [0.29, 0.717) is 6.54 Å². The number of aryl methyl sites for hydroxylation is 2. The van der Waals surface area contributed by atoms with Crippen molar-refractivity contribution in [2.45, 2.75) is 119 Å². The lowest BCUT2D eigenvalue weighted by Crippen LogP contribution is -2.55. The molecule has 0 aliphatic heterocycles. The Balaban J connectivity index is 3.52. The van der Waals surface area contributed by atoms with E-state index < -0.39 is 23.8 Å². The maximum Gasteiger partial charge on any atom is 0.408 e. The molecule has 2 N–H and O–H groups in total. The average molecular weight is 504 g/mol. The van der Waals surface area contributed by atoms with Crippen LogP contribution in [0.15, 0.2) is 18.2 Å². The first-order valence-electron chi connectivity index (χ1n) is 13.4. The predicted octanol–water partition coefficient (Wildman–Crippen LogP) is 5.83. The molecule has 1 aromatic carbocycles. The highest BCUT2D eigenvalue weighted by Crippen LogP contribution is 2.28. The molecule has 0 aliphatic rings. The second-order valence-electron chi connectivity index (χ2n) is 11.2. The van der Waals surface area contributed by atoms with Crippen molar-refractivity contribution in [2.75, 3.05) is 6.54 Å². The van der Waals surface area contributed by atoms with Crippen LogP contribution in [0.4, 0.5) is 4.79 Å². The molecule has 36 heavy (non-hydrogen) atoms. The van der Waals surface area contributed by atoms with Gasteiger partial charge < -0.3 is 20.3 Å². The predicted molar refractivity (Wildman–Crippen MR) is 146 cm³/mol. The van der Waals surface area contributed by atoms with Crippen molar-refractivity contribution >= 4 is 17.9 Å². The SMILES string of the molecule is CCCCN(C(=O)C(NC(=O)OC(C)(C)C)C(C)C)C(C(=O)NC(C)CCC)c1ccc(C)cc1C. The fourth-order valence-electron chi connectivity index (χ4n) is 4.23. The molecule has 3 unspecified atom stereocenters. The Bertz CT molecular complexity index is 876.